The van der Waals surface area contributed by atoms with Crippen LogP contribution in [-0.2, 0) is 6.42 Å². The van der Waals surface area contributed by atoms with Gasteiger partial charge in [0.05, 0.1) is 11.2 Å². The van der Waals surface area contributed by atoms with Gasteiger partial charge in [-0.1, -0.05) is 55.5 Å². The molecule has 168 valence electrons. The molecule has 0 N–H and O–H groups in total. The van der Waals surface area contributed by atoms with Gasteiger partial charge in [0.25, 0.3) is 0 Å². The first kappa shape index (κ1) is 20.1. The lowest BCUT2D eigenvalue weighted by Crippen LogP contribution is -1.99. The Kier molecular flexibility index (Phi) is 4.22. The highest BCUT2D eigenvalue weighted by molar-refractivity contribution is 6.20. The van der Waals surface area contributed by atoms with Crippen molar-refractivity contribution in [1.29, 1.82) is 0 Å². The van der Waals surface area contributed by atoms with Crippen LogP contribution in [0.3, 0.4) is 0 Å². The van der Waals surface area contributed by atoms with Crippen molar-refractivity contribution in [2.75, 3.05) is 0 Å². The van der Waals surface area contributed by atoms with Crippen LogP contribution in [-0.4, -0.2) is 15.0 Å². The van der Waals surface area contributed by atoms with Crippen LogP contribution in [0, 0.1) is 13.8 Å². The molecule has 3 heterocycles. The molecular formula is C31H23N3O. The second-order valence-corrected chi connectivity index (χ2v) is 9.23. The number of pyridine rings is 1. The zero-order valence-corrected chi connectivity index (χ0v) is 19.9. The van der Waals surface area contributed by atoms with Crippen LogP contribution >= 0.6 is 0 Å². The highest BCUT2D eigenvalue weighted by atomic mass is 16.3. The summed E-state index contributed by atoms with van der Waals surface area (Å²) in [5.74, 6) is 0.828. The molecule has 0 saturated heterocycles. The van der Waals surface area contributed by atoms with Crippen LogP contribution in [0.1, 0.15) is 24.0 Å². The van der Waals surface area contributed by atoms with Gasteiger partial charge < -0.3 is 4.42 Å². The van der Waals surface area contributed by atoms with Gasteiger partial charge >= 0.3 is 0 Å². The Hall–Kier alpha value is -4.31. The average molecular weight is 454 g/mol. The standard InChI is InChI=1S/C31H23N3O/c1-4-26-33-28(25-11-7-10-22-23-13-12-18(3)32-31(23)35-30(22)25)24-15-14-21-20-9-6-5-8-19(20)16-17(2)27(21)29(24)34-26/h5-16H,4H2,1-3H3. The molecule has 0 unspecified atom stereocenters. The number of benzene rings is 4. The van der Waals surface area contributed by atoms with Gasteiger partial charge in [-0.15, -0.1) is 0 Å². The molecule has 3 aromatic heterocycles. The minimum atomic E-state index is 0.661. The molecule has 7 rings (SSSR count). The number of rotatable bonds is 2. The summed E-state index contributed by atoms with van der Waals surface area (Å²) in [6.45, 7) is 6.26. The molecule has 0 radical (unpaired) electrons. The molecule has 0 bridgehead atoms. The van der Waals surface area contributed by atoms with Gasteiger partial charge in [-0.2, -0.15) is 0 Å². The Bertz CT molecular complexity index is 1970. The molecule has 0 aliphatic carbocycles. The van der Waals surface area contributed by atoms with Crippen molar-refractivity contribution in [3.8, 4) is 11.3 Å². The highest BCUT2D eigenvalue weighted by Crippen LogP contribution is 2.40. The predicted molar refractivity (Wildman–Crippen MR) is 144 cm³/mol. The maximum atomic E-state index is 6.34. The topological polar surface area (TPSA) is 51.8 Å². The smallest absolute Gasteiger partial charge is 0.227 e. The SMILES string of the molecule is CCc1nc(-c2cccc3c2oc2nc(C)ccc23)c2ccc3c4ccccc4cc(C)c3c2n1. The molecule has 0 aliphatic heterocycles. The highest BCUT2D eigenvalue weighted by Gasteiger charge is 2.19. The van der Waals surface area contributed by atoms with Crippen LogP contribution in [0.4, 0.5) is 0 Å². The third kappa shape index (κ3) is 2.89. The van der Waals surface area contributed by atoms with E-state index in [1.54, 1.807) is 0 Å². The summed E-state index contributed by atoms with van der Waals surface area (Å²) in [6, 6.07) is 25.6. The van der Waals surface area contributed by atoms with Gasteiger partial charge in [0, 0.05) is 39.2 Å². The monoisotopic (exact) mass is 453 g/mol. The van der Waals surface area contributed by atoms with Crippen LogP contribution in [0.2, 0.25) is 0 Å². The van der Waals surface area contributed by atoms with E-state index < -0.39 is 0 Å². The van der Waals surface area contributed by atoms with E-state index in [4.69, 9.17) is 14.4 Å². The molecule has 0 aliphatic rings. The normalized spacial score (nSPS) is 12.0. The molecule has 4 heteroatoms. The average Bonchev–Trinajstić information content (AvgIpc) is 3.25. The van der Waals surface area contributed by atoms with Crippen LogP contribution in [0.15, 0.2) is 77.2 Å². The zero-order chi connectivity index (χ0) is 23.7. The minimum Gasteiger partial charge on any atom is -0.437 e. The lowest BCUT2D eigenvalue weighted by atomic mass is 9.94. The quantitative estimate of drug-likeness (QED) is 0.248. The summed E-state index contributed by atoms with van der Waals surface area (Å²) in [5, 5.41) is 8.01. The number of nitrogens with zero attached hydrogens (tertiary/aromatic N) is 3. The predicted octanol–water partition coefficient (Wildman–Crippen LogP) is 8.08. The minimum absolute atomic E-state index is 0.661. The van der Waals surface area contributed by atoms with E-state index in [0.717, 1.165) is 56.5 Å². The third-order valence-corrected chi connectivity index (χ3v) is 7.01. The number of aromatic nitrogens is 3. The van der Waals surface area contributed by atoms with E-state index in [-0.39, 0.29) is 0 Å². The fourth-order valence-electron chi connectivity index (χ4n) is 5.36. The van der Waals surface area contributed by atoms with E-state index >= 15 is 0 Å². The molecule has 35 heavy (non-hydrogen) atoms. The van der Waals surface area contributed by atoms with Crippen molar-refractivity contribution in [1.82, 2.24) is 15.0 Å². The lowest BCUT2D eigenvalue weighted by molar-refractivity contribution is 0.653. The molecule has 4 aromatic carbocycles. The van der Waals surface area contributed by atoms with E-state index in [1.165, 1.54) is 27.1 Å². The Labute approximate surface area is 202 Å². The van der Waals surface area contributed by atoms with E-state index in [1.807, 2.05) is 13.0 Å². The zero-order valence-electron chi connectivity index (χ0n) is 19.9. The number of para-hydroxylation sites is 1. The molecule has 4 nitrogen and oxygen atoms in total. The summed E-state index contributed by atoms with van der Waals surface area (Å²) < 4.78 is 6.34. The molecule has 7 aromatic rings. The molecular weight excluding hydrogens is 430 g/mol. The summed E-state index contributed by atoms with van der Waals surface area (Å²) in [6.07, 6.45) is 0.753. The van der Waals surface area contributed by atoms with Gasteiger partial charge in [0.15, 0.2) is 0 Å². The molecule has 0 atom stereocenters. The van der Waals surface area contributed by atoms with Gasteiger partial charge in [-0.05, 0) is 59.8 Å². The van der Waals surface area contributed by atoms with Gasteiger partial charge in [-0.25, -0.2) is 15.0 Å². The Morgan fingerprint density at radius 3 is 2.40 bits per heavy atom. The number of furan rings is 1. The van der Waals surface area contributed by atoms with Crippen molar-refractivity contribution < 1.29 is 4.42 Å². The number of hydrogen-bond acceptors (Lipinski definition) is 4. The Morgan fingerprint density at radius 2 is 1.51 bits per heavy atom. The Balaban J connectivity index is 1.63. The summed E-state index contributed by atoms with van der Waals surface area (Å²) >= 11 is 0. The largest absolute Gasteiger partial charge is 0.437 e. The second-order valence-electron chi connectivity index (χ2n) is 9.23. The molecule has 0 amide bonds. The van der Waals surface area contributed by atoms with E-state index in [9.17, 15) is 0 Å². The number of aryl methyl sites for hydroxylation is 3. The molecule has 0 fully saturated rings. The van der Waals surface area contributed by atoms with E-state index in [0.29, 0.717) is 5.71 Å². The number of fused-ring (bicyclic) bond motifs is 8. The third-order valence-electron chi connectivity index (χ3n) is 7.01. The number of hydrogen-bond donors (Lipinski definition) is 0. The van der Waals surface area contributed by atoms with Crippen molar-refractivity contribution in [3.05, 3.63) is 89.9 Å². The maximum absolute atomic E-state index is 6.34. The molecule has 0 spiro atoms. The summed E-state index contributed by atoms with van der Waals surface area (Å²) in [5.41, 5.74) is 6.51. The van der Waals surface area contributed by atoms with E-state index in [2.05, 4.69) is 85.6 Å². The second kappa shape index (κ2) is 7.34. The first-order valence-corrected chi connectivity index (χ1v) is 12.0. The lowest BCUT2D eigenvalue weighted by Gasteiger charge is -2.14. The van der Waals surface area contributed by atoms with Crippen molar-refractivity contribution in [2.45, 2.75) is 27.2 Å². The van der Waals surface area contributed by atoms with Gasteiger partial charge in [0.1, 0.15) is 11.4 Å². The van der Waals surface area contributed by atoms with Crippen LogP contribution < -0.4 is 0 Å². The first-order chi connectivity index (χ1) is 17.1. The Morgan fingerprint density at radius 1 is 0.714 bits per heavy atom. The van der Waals surface area contributed by atoms with Crippen LogP contribution in [0.25, 0.3) is 65.8 Å². The molecule has 0 saturated carbocycles. The fraction of sp³-hybridized carbons (Fsp3) is 0.129. The fourth-order valence-corrected chi connectivity index (χ4v) is 5.36. The summed E-state index contributed by atoms with van der Waals surface area (Å²) in [4.78, 5) is 14.7. The maximum Gasteiger partial charge on any atom is 0.227 e. The van der Waals surface area contributed by atoms with Gasteiger partial charge in [0.2, 0.25) is 5.71 Å². The van der Waals surface area contributed by atoms with Gasteiger partial charge in [-0.3, -0.25) is 0 Å². The van der Waals surface area contributed by atoms with Crippen molar-refractivity contribution in [2.24, 2.45) is 0 Å². The van der Waals surface area contributed by atoms with Crippen molar-refractivity contribution in [3.63, 3.8) is 0 Å². The summed E-state index contributed by atoms with van der Waals surface area (Å²) in [7, 11) is 0. The van der Waals surface area contributed by atoms with Crippen LogP contribution in [0.5, 0.6) is 0 Å². The van der Waals surface area contributed by atoms with Crippen molar-refractivity contribution >= 4 is 54.5 Å². The first-order valence-electron chi connectivity index (χ1n) is 12.0.